The van der Waals surface area contributed by atoms with E-state index in [0.717, 1.165) is 43.3 Å². The lowest BCUT2D eigenvalue weighted by Gasteiger charge is -2.16. The first-order chi connectivity index (χ1) is 9.52. The Morgan fingerprint density at radius 1 is 1.25 bits per heavy atom. The maximum Gasteiger partial charge on any atom is 0.142 e. The van der Waals surface area contributed by atoms with Gasteiger partial charge in [-0.3, -0.25) is 0 Å². The van der Waals surface area contributed by atoms with Crippen LogP contribution in [0.15, 0.2) is 18.2 Å². The maximum absolute atomic E-state index is 6.03. The third-order valence-corrected chi connectivity index (χ3v) is 3.29. The Bertz CT molecular complexity index is 391. The number of anilines is 1. The van der Waals surface area contributed by atoms with Crippen LogP contribution in [0.3, 0.4) is 0 Å². The van der Waals surface area contributed by atoms with Crippen LogP contribution in [0, 0.1) is 5.92 Å². The number of benzene rings is 1. The molecular formula is C17H30N2O. The summed E-state index contributed by atoms with van der Waals surface area (Å²) < 4.78 is 5.60. The highest BCUT2D eigenvalue weighted by atomic mass is 16.5. The Labute approximate surface area is 123 Å². The van der Waals surface area contributed by atoms with Gasteiger partial charge in [0.2, 0.25) is 0 Å². The van der Waals surface area contributed by atoms with Crippen molar-refractivity contribution in [2.24, 2.45) is 5.92 Å². The molecule has 1 unspecified atom stereocenters. The van der Waals surface area contributed by atoms with Crippen molar-refractivity contribution >= 4 is 5.69 Å². The molecule has 1 atom stereocenters. The van der Waals surface area contributed by atoms with Crippen molar-refractivity contribution in [2.75, 3.05) is 18.9 Å². The second-order valence-electron chi connectivity index (χ2n) is 5.96. The fraction of sp³-hybridized carbons (Fsp3) is 0.647. The Hall–Kier alpha value is -1.22. The summed E-state index contributed by atoms with van der Waals surface area (Å²) >= 11 is 0. The Balaban J connectivity index is 2.45. The molecule has 114 valence electrons. The number of nitrogen functional groups attached to an aromatic ring is 1. The first kappa shape index (κ1) is 16.8. The zero-order chi connectivity index (χ0) is 15.0. The predicted octanol–water partition coefficient (Wildman–Crippen LogP) is 3.62. The first-order valence-corrected chi connectivity index (χ1v) is 7.77. The second-order valence-corrected chi connectivity index (χ2v) is 5.96. The van der Waals surface area contributed by atoms with Crippen molar-refractivity contribution in [3.63, 3.8) is 0 Å². The van der Waals surface area contributed by atoms with E-state index in [1.807, 2.05) is 12.1 Å². The number of nitrogens with two attached hydrogens (primary N) is 1. The van der Waals surface area contributed by atoms with Crippen LogP contribution in [0.4, 0.5) is 5.69 Å². The summed E-state index contributed by atoms with van der Waals surface area (Å²) in [5, 5.41) is 3.56. The zero-order valence-electron chi connectivity index (χ0n) is 13.4. The summed E-state index contributed by atoms with van der Waals surface area (Å²) in [5.74, 6) is 1.55. The van der Waals surface area contributed by atoms with Gasteiger partial charge in [-0.2, -0.15) is 0 Å². The molecule has 20 heavy (non-hydrogen) atoms. The van der Waals surface area contributed by atoms with Gasteiger partial charge in [0.05, 0.1) is 12.3 Å². The monoisotopic (exact) mass is 278 g/mol. The van der Waals surface area contributed by atoms with Crippen LogP contribution in [-0.2, 0) is 6.42 Å². The predicted molar refractivity (Wildman–Crippen MR) is 87.3 cm³/mol. The molecule has 0 radical (unpaired) electrons. The Morgan fingerprint density at radius 2 is 2.00 bits per heavy atom. The van der Waals surface area contributed by atoms with Gasteiger partial charge in [0.25, 0.3) is 0 Å². The van der Waals surface area contributed by atoms with Crippen LogP contribution >= 0.6 is 0 Å². The molecule has 0 aliphatic heterocycles. The standard InChI is InChI=1S/C17H30N2O/c1-5-10-20-17-7-6-15(12-16(17)18)11-14(4)19-9-8-13(2)3/h6-7,12-14,19H,5,8-11,18H2,1-4H3. The highest BCUT2D eigenvalue weighted by Gasteiger charge is 2.06. The van der Waals surface area contributed by atoms with Gasteiger partial charge < -0.3 is 15.8 Å². The quantitative estimate of drug-likeness (QED) is 0.678. The Kier molecular flexibility index (Phi) is 7.45. The van der Waals surface area contributed by atoms with E-state index in [1.165, 1.54) is 12.0 Å². The van der Waals surface area contributed by atoms with Crippen molar-refractivity contribution < 1.29 is 4.74 Å². The molecule has 3 heteroatoms. The molecule has 0 saturated carbocycles. The van der Waals surface area contributed by atoms with Crippen LogP contribution < -0.4 is 15.8 Å². The summed E-state index contributed by atoms with van der Waals surface area (Å²) in [6.45, 7) is 10.6. The van der Waals surface area contributed by atoms with E-state index in [0.29, 0.717) is 6.04 Å². The van der Waals surface area contributed by atoms with Gasteiger partial charge in [-0.1, -0.05) is 26.8 Å². The number of hydrogen-bond donors (Lipinski definition) is 2. The normalized spacial score (nSPS) is 12.7. The molecule has 0 amide bonds. The summed E-state index contributed by atoms with van der Waals surface area (Å²) in [4.78, 5) is 0. The van der Waals surface area contributed by atoms with E-state index >= 15 is 0 Å². The minimum Gasteiger partial charge on any atom is -0.491 e. The van der Waals surface area contributed by atoms with Crippen LogP contribution in [0.1, 0.15) is 46.1 Å². The van der Waals surface area contributed by atoms with Gasteiger partial charge in [0, 0.05) is 6.04 Å². The largest absolute Gasteiger partial charge is 0.491 e. The molecule has 0 aliphatic rings. The molecular weight excluding hydrogens is 248 g/mol. The average Bonchev–Trinajstić information content (AvgIpc) is 2.37. The van der Waals surface area contributed by atoms with E-state index in [9.17, 15) is 0 Å². The molecule has 1 aromatic carbocycles. The second kappa shape index (κ2) is 8.85. The average molecular weight is 278 g/mol. The number of ether oxygens (including phenoxy) is 1. The minimum absolute atomic E-state index is 0.468. The molecule has 1 rings (SSSR count). The molecule has 0 heterocycles. The first-order valence-electron chi connectivity index (χ1n) is 7.77. The van der Waals surface area contributed by atoms with E-state index < -0.39 is 0 Å². The summed E-state index contributed by atoms with van der Waals surface area (Å²) in [7, 11) is 0. The summed E-state index contributed by atoms with van der Waals surface area (Å²) in [6, 6.07) is 6.60. The third kappa shape index (κ3) is 6.29. The van der Waals surface area contributed by atoms with Gasteiger partial charge in [-0.15, -0.1) is 0 Å². The van der Waals surface area contributed by atoms with Crippen molar-refractivity contribution in [3.05, 3.63) is 23.8 Å². The number of nitrogens with one attached hydrogen (secondary N) is 1. The summed E-state index contributed by atoms with van der Waals surface area (Å²) in [6.07, 6.45) is 3.21. The zero-order valence-corrected chi connectivity index (χ0v) is 13.4. The molecule has 0 spiro atoms. The van der Waals surface area contributed by atoms with Gasteiger partial charge in [0.1, 0.15) is 5.75 Å². The fourth-order valence-corrected chi connectivity index (χ4v) is 2.11. The van der Waals surface area contributed by atoms with E-state index in [4.69, 9.17) is 10.5 Å². The smallest absolute Gasteiger partial charge is 0.142 e. The Morgan fingerprint density at radius 3 is 2.60 bits per heavy atom. The summed E-state index contributed by atoms with van der Waals surface area (Å²) in [5.41, 5.74) is 8.03. The van der Waals surface area contributed by atoms with Gasteiger partial charge in [-0.05, 0) is 56.3 Å². The molecule has 0 fully saturated rings. The fourth-order valence-electron chi connectivity index (χ4n) is 2.11. The molecule has 3 N–H and O–H groups in total. The lowest BCUT2D eigenvalue weighted by Crippen LogP contribution is -2.29. The van der Waals surface area contributed by atoms with Crippen LogP contribution in [0.25, 0.3) is 0 Å². The topological polar surface area (TPSA) is 47.3 Å². The lowest BCUT2D eigenvalue weighted by atomic mass is 10.1. The highest BCUT2D eigenvalue weighted by molar-refractivity contribution is 5.54. The van der Waals surface area contributed by atoms with Crippen molar-refractivity contribution in [3.8, 4) is 5.75 Å². The minimum atomic E-state index is 0.468. The molecule has 0 saturated heterocycles. The highest BCUT2D eigenvalue weighted by Crippen LogP contribution is 2.23. The lowest BCUT2D eigenvalue weighted by molar-refractivity contribution is 0.319. The van der Waals surface area contributed by atoms with Crippen LogP contribution in [0.2, 0.25) is 0 Å². The molecule has 1 aromatic rings. The van der Waals surface area contributed by atoms with Gasteiger partial charge in [-0.25, -0.2) is 0 Å². The molecule has 0 bridgehead atoms. The van der Waals surface area contributed by atoms with E-state index in [2.05, 4.69) is 39.1 Å². The van der Waals surface area contributed by atoms with E-state index in [-0.39, 0.29) is 0 Å². The number of hydrogen-bond acceptors (Lipinski definition) is 3. The van der Waals surface area contributed by atoms with E-state index in [1.54, 1.807) is 0 Å². The van der Waals surface area contributed by atoms with Crippen LogP contribution in [0.5, 0.6) is 5.75 Å². The SMILES string of the molecule is CCCOc1ccc(CC(C)NCCC(C)C)cc1N. The third-order valence-electron chi connectivity index (χ3n) is 3.29. The molecule has 3 nitrogen and oxygen atoms in total. The van der Waals surface area contributed by atoms with Crippen molar-refractivity contribution in [2.45, 2.75) is 53.0 Å². The van der Waals surface area contributed by atoms with Gasteiger partial charge in [0.15, 0.2) is 0 Å². The van der Waals surface area contributed by atoms with Crippen molar-refractivity contribution in [1.82, 2.24) is 5.32 Å². The van der Waals surface area contributed by atoms with Gasteiger partial charge >= 0.3 is 0 Å². The molecule has 0 aliphatic carbocycles. The van der Waals surface area contributed by atoms with Crippen molar-refractivity contribution in [1.29, 1.82) is 0 Å². The molecule has 0 aromatic heterocycles. The number of rotatable bonds is 9. The van der Waals surface area contributed by atoms with Crippen LogP contribution in [-0.4, -0.2) is 19.2 Å². The maximum atomic E-state index is 6.03.